The van der Waals surface area contributed by atoms with Gasteiger partial charge in [-0.05, 0) is 44.7 Å². The third-order valence-corrected chi connectivity index (χ3v) is 5.72. The Kier molecular flexibility index (Phi) is 4.96. The Morgan fingerprint density at radius 1 is 1.42 bits per heavy atom. The van der Waals surface area contributed by atoms with Crippen LogP contribution in [0.3, 0.4) is 0 Å². The topological polar surface area (TPSA) is 71.5 Å². The Balaban J connectivity index is 1.77. The number of nitrogens with one attached hydrogen (secondary N) is 1. The summed E-state index contributed by atoms with van der Waals surface area (Å²) in [4.78, 5) is 18.5. The second kappa shape index (κ2) is 6.99. The van der Waals surface area contributed by atoms with Gasteiger partial charge in [-0.15, -0.1) is 11.3 Å². The molecule has 128 valence electrons. The molecular formula is C17H19ClN2O3S. The van der Waals surface area contributed by atoms with E-state index in [4.69, 9.17) is 16.3 Å². The fourth-order valence-electron chi connectivity index (χ4n) is 2.76. The Labute approximate surface area is 149 Å². The highest BCUT2D eigenvalue weighted by Crippen LogP contribution is 2.35. The minimum Gasteiger partial charge on any atom is -0.503 e. The Hall–Kier alpha value is -1.79. The number of aromatic nitrogens is 1. The van der Waals surface area contributed by atoms with Gasteiger partial charge in [0.25, 0.3) is 5.91 Å². The number of benzene rings is 1. The van der Waals surface area contributed by atoms with Crippen LogP contribution >= 0.6 is 22.9 Å². The quantitative estimate of drug-likeness (QED) is 0.861. The van der Waals surface area contributed by atoms with Crippen molar-refractivity contribution in [1.29, 1.82) is 0 Å². The number of aryl methyl sites for hydroxylation is 2. The van der Waals surface area contributed by atoms with Crippen molar-refractivity contribution in [2.75, 3.05) is 7.11 Å². The van der Waals surface area contributed by atoms with Crippen molar-refractivity contribution in [3.63, 3.8) is 0 Å². The average Bonchev–Trinajstić information content (AvgIpc) is 3.01. The number of halogens is 1. The molecule has 5 nitrogen and oxygen atoms in total. The van der Waals surface area contributed by atoms with Crippen LogP contribution in [-0.4, -0.2) is 23.1 Å². The molecule has 1 aliphatic carbocycles. The lowest BCUT2D eigenvalue weighted by Crippen LogP contribution is -2.26. The number of methoxy groups -OCH3 is 1. The SMILES string of the molecule is COc1cc(C(=O)NC(C)c2nc3c(s2)CCCC3)cc(Cl)c1O. The van der Waals surface area contributed by atoms with Crippen LogP contribution in [0.5, 0.6) is 11.5 Å². The zero-order valence-corrected chi connectivity index (χ0v) is 15.1. The molecule has 0 radical (unpaired) electrons. The van der Waals surface area contributed by atoms with E-state index in [1.807, 2.05) is 6.92 Å². The second-order valence-electron chi connectivity index (χ2n) is 5.83. The van der Waals surface area contributed by atoms with E-state index in [0.717, 1.165) is 17.8 Å². The van der Waals surface area contributed by atoms with Crippen LogP contribution in [0, 0.1) is 0 Å². The molecule has 1 unspecified atom stereocenters. The number of carbonyl (C=O) groups excluding carboxylic acids is 1. The smallest absolute Gasteiger partial charge is 0.252 e. The van der Waals surface area contributed by atoms with Gasteiger partial charge in [-0.1, -0.05) is 11.6 Å². The van der Waals surface area contributed by atoms with Gasteiger partial charge in [0.1, 0.15) is 5.01 Å². The summed E-state index contributed by atoms with van der Waals surface area (Å²) in [5, 5.41) is 13.7. The summed E-state index contributed by atoms with van der Waals surface area (Å²) in [6, 6.07) is 2.71. The van der Waals surface area contributed by atoms with Gasteiger partial charge in [0.2, 0.25) is 0 Å². The lowest BCUT2D eigenvalue weighted by atomic mass is 10.0. The van der Waals surface area contributed by atoms with Crippen LogP contribution in [-0.2, 0) is 12.8 Å². The molecule has 24 heavy (non-hydrogen) atoms. The third-order valence-electron chi connectivity index (χ3n) is 4.09. The minimum atomic E-state index is -0.282. The Bertz CT molecular complexity index is 752. The van der Waals surface area contributed by atoms with Crippen molar-refractivity contribution < 1.29 is 14.6 Å². The molecule has 0 fully saturated rings. The van der Waals surface area contributed by atoms with Crippen molar-refractivity contribution >= 4 is 28.8 Å². The highest BCUT2D eigenvalue weighted by atomic mass is 35.5. The van der Waals surface area contributed by atoms with E-state index in [9.17, 15) is 9.90 Å². The van der Waals surface area contributed by atoms with Crippen molar-refractivity contribution in [3.05, 3.63) is 38.3 Å². The molecule has 0 spiro atoms. The van der Waals surface area contributed by atoms with Gasteiger partial charge >= 0.3 is 0 Å². The number of phenols is 1. The predicted octanol–water partition coefficient (Wildman–Crippen LogP) is 3.88. The molecule has 0 bridgehead atoms. The molecule has 1 aliphatic rings. The van der Waals surface area contributed by atoms with Crippen LogP contribution in [0.4, 0.5) is 0 Å². The van der Waals surface area contributed by atoms with Crippen LogP contribution in [0.1, 0.15) is 51.7 Å². The maximum atomic E-state index is 12.5. The number of phenolic OH excluding ortho intramolecular Hbond substituents is 1. The molecular weight excluding hydrogens is 348 g/mol. The Morgan fingerprint density at radius 3 is 2.88 bits per heavy atom. The number of hydrogen-bond donors (Lipinski definition) is 2. The maximum Gasteiger partial charge on any atom is 0.252 e. The molecule has 0 saturated heterocycles. The first-order chi connectivity index (χ1) is 11.5. The highest BCUT2D eigenvalue weighted by Gasteiger charge is 2.21. The fraction of sp³-hybridized carbons (Fsp3) is 0.412. The summed E-state index contributed by atoms with van der Waals surface area (Å²) >= 11 is 7.62. The molecule has 2 aromatic rings. The molecule has 7 heteroatoms. The minimum absolute atomic E-state index is 0.0804. The molecule has 1 aromatic heterocycles. The third kappa shape index (κ3) is 3.35. The molecule has 2 N–H and O–H groups in total. The van der Waals surface area contributed by atoms with Crippen LogP contribution in [0.2, 0.25) is 5.02 Å². The number of fused-ring (bicyclic) bond motifs is 1. The summed E-state index contributed by atoms with van der Waals surface area (Å²) in [5.41, 5.74) is 1.51. The standard InChI is InChI=1S/C17H19ClN2O3S/c1-9(17-20-12-5-3-4-6-14(12)24-17)19-16(22)10-7-11(18)15(21)13(8-10)23-2/h7-9,21H,3-6H2,1-2H3,(H,19,22). The van der Waals surface area contributed by atoms with E-state index in [1.165, 1.54) is 42.7 Å². The van der Waals surface area contributed by atoms with Crippen LogP contribution in [0.15, 0.2) is 12.1 Å². The summed E-state index contributed by atoms with van der Waals surface area (Å²) in [6.07, 6.45) is 4.50. The molecule has 1 amide bonds. The largest absolute Gasteiger partial charge is 0.503 e. The van der Waals surface area contributed by atoms with Crippen molar-refractivity contribution in [2.45, 2.75) is 38.6 Å². The Morgan fingerprint density at radius 2 is 2.17 bits per heavy atom. The lowest BCUT2D eigenvalue weighted by Gasteiger charge is -2.13. The van der Waals surface area contributed by atoms with Crippen LogP contribution < -0.4 is 10.1 Å². The van der Waals surface area contributed by atoms with Crippen LogP contribution in [0.25, 0.3) is 0 Å². The molecule has 3 rings (SSSR count). The fourth-order valence-corrected chi connectivity index (χ4v) is 4.13. The number of ether oxygens (including phenoxy) is 1. The second-order valence-corrected chi connectivity index (χ2v) is 7.36. The molecule has 0 saturated carbocycles. The number of aromatic hydroxyl groups is 1. The van der Waals surface area contributed by atoms with Gasteiger partial charge in [0.05, 0.1) is 23.9 Å². The first-order valence-corrected chi connectivity index (χ1v) is 9.05. The van der Waals surface area contributed by atoms with Crippen molar-refractivity contribution in [2.24, 2.45) is 0 Å². The van der Waals surface area contributed by atoms with E-state index in [1.54, 1.807) is 11.3 Å². The van der Waals surface area contributed by atoms with Gasteiger partial charge in [0.15, 0.2) is 11.5 Å². The van der Waals surface area contributed by atoms with Crippen molar-refractivity contribution in [1.82, 2.24) is 10.3 Å². The monoisotopic (exact) mass is 366 g/mol. The summed E-state index contributed by atoms with van der Waals surface area (Å²) in [7, 11) is 1.41. The van der Waals surface area contributed by atoms with Gasteiger partial charge < -0.3 is 15.2 Å². The zero-order valence-electron chi connectivity index (χ0n) is 13.6. The number of carbonyl (C=O) groups is 1. The highest BCUT2D eigenvalue weighted by molar-refractivity contribution is 7.11. The lowest BCUT2D eigenvalue weighted by molar-refractivity contribution is 0.0939. The van der Waals surface area contributed by atoms with Crippen molar-refractivity contribution in [3.8, 4) is 11.5 Å². The van der Waals surface area contributed by atoms with E-state index in [2.05, 4.69) is 10.3 Å². The number of nitrogens with zero attached hydrogens (tertiary/aromatic N) is 1. The maximum absolute atomic E-state index is 12.5. The van der Waals surface area contributed by atoms with Gasteiger partial charge in [-0.2, -0.15) is 0 Å². The summed E-state index contributed by atoms with van der Waals surface area (Å²) in [5.74, 6) is -0.280. The predicted molar refractivity (Wildman–Crippen MR) is 94.3 cm³/mol. The number of rotatable bonds is 4. The normalized spacial score (nSPS) is 14.8. The van der Waals surface area contributed by atoms with E-state index in [0.29, 0.717) is 5.56 Å². The van der Waals surface area contributed by atoms with Gasteiger partial charge in [0, 0.05) is 10.4 Å². The first-order valence-electron chi connectivity index (χ1n) is 7.85. The van der Waals surface area contributed by atoms with Gasteiger partial charge in [-0.25, -0.2) is 4.98 Å². The molecule has 1 heterocycles. The summed E-state index contributed by atoms with van der Waals surface area (Å²) < 4.78 is 5.04. The molecule has 1 atom stereocenters. The number of thiazole rings is 1. The first kappa shape index (κ1) is 17.0. The summed E-state index contributed by atoms with van der Waals surface area (Å²) in [6.45, 7) is 1.92. The average molecular weight is 367 g/mol. The molecule has 1 aromatic carbocycles. The van der Waals surface area contributed by atoms with Gasteiger partial charge in [-0.3, -0.25) is 4.79 Å². The number of amides is 1. The zero-order chi connectivity index (χ0) is 17.3. The van der Waals surface area contributed by atoms with E-state index < -0.39 is 0 Å². The molecule has 0 aliphatic heterocycles. The van der Waals surface area contributed by atoms with E-state index in [-0.39, 0.29) is 28.5 Å². The number of hydrogen-bond acceptors (Lipinski definition) is 5. The van der Waals surface area contributed by atoms with E-state index >= 15 is 0 Å².